The van der Waals surface area contributed by atoms with E-state index in [1.165, 1.54) is 24.3 Å². The Kier molecular flexibility index (Phi) is 5.59. The van der Waals surface area contributed by atoms with Gasteiger partial charge in [0.1, 0.15) is 17.5 Å². The van der Waals surface area contributed by atoms with Crippen LogP contribution in [0.3, 0.4) is 0 Å². The molecule has 8 heteroatoms. The van der Waals surface area contributed by atoms with Crippen LogP contribution in [0.4, 0.5) is 14.9 Å². The maximum atomic E-state index is 14.6. The van der Waals surface area contributed by atoms with Gasteiger partial charge in [-0.3, -0.25) is 9.80 Å². The summed E-state index contributed by atoms with van der Waals surface area (Å²) >= 11 is 0. The maximum Gasteiger partial charge on any atom is 0.415 e. The van der Waals surface area contributed by atoms with E-state index < -0.39 is 17.9 Å². The molecule has 1 amide bonds. The summed E-state index contributed by atoms with van der Waals surface area (Å²) in [7, 11) is 0. The van der Waals surface area contributed by atoms with Gasteiger partial charge >= 0.3 is 12.1 Å². The molecule has 3 saturated heterocycles. The minimum atomic E-state index is -1.06. The van der Waals surface area contributed by atoms with E-state index in [0.29, 0.717) is 12.1 Å². The van der Waals surface area contributed by atoms with E-state index in [2.05, 4.69) is 4.90 Å². The van der Waals surface area contributed by atoms with Gasteiger partial charge in [0.15, 0.2) is 5.82 Å². The standard InChI is InChI=1S/C22H23FN2O5/c23-17-2-1-3-18(26)20(17)25(12-14-4-6-16(7-5-14)21(27)28)22(29)30-19-13-24-10-8-15(19)9-11-24/h1-7,15,19,26H,8-13H2,(H,27,28)/t19-/m0/s1. The monoisotopic (exact) mass is 414 g/mol. The molecule has 3 heterocycles. The summed E-state index contributed by atoms with van der Waals surface area (Å²) in [5.41, 5.74) is 0.425. The van der Waals surface area contributed by atoms with Crippen LogP contribution < -0.4 is 4.90 Å². The predicted molar refractivity (Wildman–Crippen MR) is 107 cm³/mol. The molecule has 3 aliphatic heterocycles. The van der Waals surface area contributed by atoms with Gasteiger partial charge in [-0.05, 0) is 61.7 Å². The first-order valence-electron chi connectivity index (χ1n) is 9.92. The number of fused-ring (bicyclic) bond motifs is 3. The molecule has 158 valence electrons. The fourth-order valence-corrected chi connectivity index (χ4v) is 4.18. The van der Waals surface area contributed by atoms with E-state index in [1.54, 1.807) is 12.1 Å². The van der Waals surface area contributed by atoms with E-state index in [4.69, 9.17) is 9.84 Å². The lowest BCUT2D eigenvalue weighted by molar-refractivity contribution is -0.0312. The average Bonchev–Trinajstić information content (AvgIpc) is 2.74. The van der Waals surface area contributed by atoms with E-state index in [9.17, 15) is 19.1 Å². The predicted octanol–water partition coefficient (Wildman–Crippen LogP) is 3.47. The number of phenolic OH excluding ortho intramolecular Hbond substituents is 1. The SMILES string of the molecule is O=C(O)c1ccc(CN(C(=O)O[C@H]2CN3CCC2CC3)c2c(O)cccc2F)cc1. The van der Waals surface area contributed by atoms with Crippen LogP contribution >= 0.6 is 0 Å². The summed E-state index contributed by atoms with van der Waals surface area (Å²) in [6, 6.07) is 9.75. The van der Waals surface area contributed by atoms with Crippen molar-refractivity contribution in [3.8, 4) is 5.75 Å². The number of hydrogen-bond donors (Lipinski definition) is 2. The highest BCUT2D eigenvalue weighted by Crippen LogP contribution is 2.34. The first-order valence-corrected chi connectivity index (χ1v) is 9.92. The first kappa shape index (κ1) is 20.2. The number of para-hydroxylation sites is 1. The normalized spacial score (nSPS) is 22.5. The van der Waals surface area contributed by atoms with Gasteiger partial charge < -0.3 is 14.9 Å². The van der Waals surface area contributed by atoms with Crippen molar-refractivity contribution in [3.63, 3.8) is 0 Å². The van der Waals surface area contributed by atoms with E-state index in [-0.39, 0.29) is 35.6 Å². The minimum Gasteiger partial charge on any atom is -0.506 e. The van der Waals surface area contributed by atoms with Gasteiger partial charge in [-0.2, -0.15) is 0 Å². The Morgan fingerprint density at radius 1 is 1.13 bits per heavy atom. The number of aromatic carboxylic acids is 1. The first-order chi connectivity index (χ1) is 14.4. The Labute approximate surface area is 173 Å². The number of piperidine rings is 3. The average molecular weight is 414 g/mol. The van der Waals surface area contributed by atoms with Crippen molar-refractivity contribution in [3.05, 3.63) is 59.4 Å². The van der Waals surface area contributed by atoms with Crippen LogP contribution in [0, 0.1) is 11.7 Å². The van der Waals surface area contributed by atoms with Gasteiger partial charge in [-0.25, -0.2) is 14.0 Å². The molecule has 30 heavy (non-hydrogen) atoms. The number of carbonyl (C=O) groups is 2. The molecule has 3 aliphatic rings. The van der Waals surface area contributed by atoms with Gasteiger partial charge in [0, 0.05) is 6.54 Å². The highest BCUT2D eigenvalue weighted by Gasteiger charge is 2.38. The van der Waals surface area contributed by atoms with Crippen molar-refractivity contribution in [1.82, 2.24) is 4.90 Å². The van der Waals surface area contributed by atoms with Crippen LogP contribution in [0.5, 0.6) is 5.75 Å². The van der Waals surface area contributed by atoms with Crippen LogP contribution in [0.2, 0.25) is 0 Å². The molecule has 0 spiro atoms. The van der Waals surface area contributed by atoms with E-state index in [0.717, 1.165) is 36.9 Å². The number of ether oxygens (including phenoxy) is 1. The van der Waals surface area contributed by atoms with Gasteiger partial charge in [0.05, 0.1) is 12.1 Å². The fraction of sp³-hybridized carbons (Fsp3) is 0.364. The van der Waals surface area contributed by atoms with Crippen LogP contribution in [0.1, 0.15) is 28.8 Å². The molecule has 2 aromatic rings. The number of halogens is 1. The molecule has 0 radical (unpaired) electrons. The summed E-state index contributed by atoms with van der Waals surface area (Å²) in [5.74, 6) is -1.90. The molecule has 7 nitrogen and oxygen atoms in total. The third-order valence-corrected chi connectivity index (χ3v) is 5.85. The summed E-state index contributed by atoms with van der Waals surface area (Å²) in [4.78, 5) is 27.5. The molecule has 5 rings (SSSR count). The van der Waals surface area contributed by atoms with Crippen molar-refractivity contribution in [2.24, 2.45) is 5.92 Å². The topological polar surface area (TPSA) is 90.3 Å². The smallest absolute Gasteiger partial charge is 0.415 e. The van der Waals surface area contributed by atoms with E-state index >= 15 is 0 Å². The Morgan fingerprint density at radius 3 is 2.40 bits per heavy atom. The largest absolute Gasteiger partial charge is 0.506 e. The van der Waals surface area contributed by atoms with Crippen molar-refractivity contribution >= 4 is 17.7 Å². The van der Waals surface area contributed by atoms with Crippen molar-refractivity contribution in [2.75, 3.05) is 24.5 Å². The van der Waals surface area contributed by atoms with Crippen LogP contribution in [-0.4, -0.2) is 52.9 Å². The Hall–Kier alpha value is -3.13. The molecule has 0 aromatic heterocycles. The Balaban J connectivity index is 1.60. The van der Waals surface area contributed by atoms with Crippen LogP contribution in [-0.2, 0) is 11.3 Å². The quantitative estimate of drug-likeness (QED) is 0.779. The number of carboxylic acid groups (broad SMARTS) is 1. The molecular formula is C22H23FN2O5. The lowest BCUT2D eigenvalue weighted by Crippen LogP contribution is -2.53. The summed E-state index contributed by atoms with van der Waals surface area (Å²) in [6.45, 7) is 2.56. The number of carboxylic acids is 1. The summed E-state index contributed by atoms with van der Waals surface area (Å²) in [6.07, 6.45) is 0.904. The highest BCUT2D eigenvalue weighted by atomic mass is 19.1. The fourth-order valence-electron chi connectivity index (χ4n) is 4.18. The summed E-state index contributed by atoms with van der Waals surface area (Å²) < 4.78 is 20.3. The molecule has 2 aromatic carbocycles. The minimum absolute atomic E-state index is 0.0751. The number of aromatic hydroxyl groups is 1. The van der Waals surface area contributed by atoms with Crippen LogP contribution in [0.15, 0.2) is 42.5 Å². The van der Waals surface area contributed by atoms with Gasteiger partial charge in [0.2, 0.25) is 0 Å². The van der Waals surface area contributed by atoms with Gasteiger partial charge in [-0.15, -0.1) is 0 Å². The van der Waals surface area contributed by atoms with Gasteiger partial charge in [-0.1, -0.05) is 18.2 Å². The zero-order valence-corrected chi connectivity index (χ0v) is 16.3. The molecule has 2 N–H and O–H groups in total. The molecule has 2 bridgehead atoms. The van der Waals surface area contributed by atoms with E-state index in [1.807, 2.05) is 0 Å². The van der Waals surface area contributed by atoms with Crippen molar-refractivity contribution in [2.45, 2.75) is 25.5 Å². The number of rotatable bonds is 5. The number of benzene rings is 2. The summed E-state index contributed by atoms with van der Waals surface area (Å²) in [5, 5.41) is 19.3. The third kappa shape index (κ3) is 4.09. The number of anilines is 1. The van der Waals surface area contributed by atoms with Crippen molar-refractivity contribution in [1.29, 1.82) is 0 Å². The Morgan fingerprint density at radius 2 is 1.83 bits per heavy atom. The lowest BCUT2D eigenvalue weighted by Gasteiger charge is -2.44. The maximum absolute atomic E-state index is 14.6. The van der Waals surface area contributed by atoms with Crippen molar-refractivity contribution < 1.29 is 28.9 Å². The lowest BCUT2D eigenvalue weighted by atomic mass is 9.86. The molecular weight excluding hydrogens is 391 g/mol. The number of nitrogens with zero attached hydrogens (tertiary/aromatic N) is 2. The number of carbonyl (C=O) groups excluding carboxylic acids is 1. The zero-order valence-electron chi connectivity index (χ0n) is 16.3. The molecule has 0 aliphatic carbocycles. The number of amides is 1. The number of hydrogen-bond acceptors (Lipinski definition) is 5. The van der Waals surface area contributed by atoms with Gasteiger partial charge in [0.25, 0.3) is 0 Å². The molecule has 1 atom stereocenters. The molecule has 3 fully saturated rings. The molecule has 0 saturated carbocycles. The second-order valence-electron chi connectivity index (χ2n) is 7.76. The highest BCUT2D eigenvalue weighted by molar-refractivity contribution is 5.90. The zero-order chi connectivity index (χ0) is 21.3. The van der Waals surface area contributed by atoms with Crippen LogP contribution in [0.25, 0.3) is 0 Å². The second-order valence-corrected chi connectivity index (χ2v) is 7.76. The number of phenols is 1. The third-order valence-electron chi connectivity index (χ3n) is 5.85. The Bertz CT molecular complexity index is 921. The molecule has 0 unspecified atom stereocenters. The second kappa shape index (κ2) is 8.31.